The van der Waals surface area contributed by atoms with Crippen LogP contribution in [-0.2, 0) is 0 Å². The van der Waals surface area contributed by atoms with E-state index in [9.17, 15) is 0 Å². The van der Waals surface area contributed by atoms with Gasteiger partial charge in [-0.25, -0.2) is 0 Å². The van der Waals surface area contributed by atoms with E-state index in [1.54, 1.807) is 0 Å². The molecular formula is C15H31N3. The van der Waals surface area contributed by atoms with Gasteiger partial charge in [-0.2, -0.15) is 0 Å². The molecule has 0 aromatic heterocycles. The van der Waals surface area contributed by atoms with Crippen molar-refractivity contribution in [1.29, 1.82) is 0 Å². The van der Waals surface area contributed by atoms with Crippen molar-refractivity contribution in [2.75, 3.05) is 32.7 Å². The van der Waals surface area contributed by atoms with Crippen LogP contribution in [0.4, 0.5) is 0 Å². The van der Waals surface area contributed by atoms with E-state index < -0.39 is 0 Å². The molecule has 1 unspecified atom stereocenters. The molecule has 0 aromatic carbocycles. The van der Waals surface area contributed by atoms with Crippen molar-refractivity contribution in [3.05, 3.63) is 0 Å². The first kappa shape index (κ1) is 14.3. The second-order valence-corrected chi connectivity index (χ2v) is 6.46. The van der Waals surface area contributed by atoms with E-state index in [2.05, 4.69) is 23.6 Å². The van der Waals surface area contributed by atoms with Gasteiger partial charge in [-0.1, -0.05) is 6.42 Å². The molecule has 18 heavy (non-hydrogen) atoms. The first-order chi connectivity index (χ1) is 8.68. The molecule has 0 aliphatic carbocycles. The van der Waals surface area contributed by atoms with E-state index in [0.717, 1.165) is 6.54 Å². The number of rotatable bonds is 3. The van der Waals surface area contributed by atoms with Crippen molar-refractivity contribution >= 4 is 0 Å². The molecule has 2 N–H and O–H groups in total. The molecule has 2 saturated heterocycles. The topological polar surface area (TPSA) is 32.5 Å². The highest BCUT2D eigenvalue weighted by molar-refractivity contribution is 4.95. The molecule has 2 aliphatic heterocycles. The van der Waals surface area contributed by atoms with Gasteiger partial charge in [0.1, 0.15) is 0 Å². The lowest BCUT2D eigenvalue weighted by Crippen LogP contribution is -2.56. The zero-order valence-electron chi connectivity index (χ0n) is 12.3. The summed E-state index contributed by atoms with van der Waals surface area (Å²) in [5.41, 5.74) is 6.51. The molecule has 1 atom stereocenters. The highest BCUT2D eigenvalue weighted by atomic mass is 15.2. The first-order valence-corrected chi connectivity index (χ1v) is 7.87. The van der Waals surface area contributed by atoms with Crippen molar-refractivity contribution in [3.63, 3.8) is 0 Å². The number of piperidine rings is 1. The minimum atomic E-state index is 0.310. The van der Waals surface area contributed by atoms with Gasteiger partial charge in [-0.15, -0.1) is 0 Å². The van der Waals surface area contributed by atoms with E-state index in [0.29, 0.717) is 11.6 Å². The predicted octanol–water partition coefficient (Wildman–Crippen LogP) is 2.06. The molecule has 106 valence electrons. The third-order valence-electron chi connectivity index (χ3n) is 5.09. The van der Waals surface area contributed by atoms with Crippen molar-refractivity contribution < 1.29 is 0 Å². The van der Waals surface area contributed by atoms with Crippen LogP contribution in [0.2, 0.25) is 0 Å². The highest BCUT2D eigenvalue weighted by Crippen LogP contribution is 2.31. The van der Waals surface area contributed by atoms with Gasteiger partial charge in [-0.3, -0.25) is 4.90 Å². The minimum absolute atomic E-state index is 0.310. The monoisotopic (exact) mass is 253 g/mol. The molecule has 2 rings (SSSR count). The highest BCUT2D eigenvalue weighted by Gasteiger charge is 2.37. The molecule has 2 aliphatic rings. The van der Waals surface area contributed by atoms with E-state index in [1.807, 2.05) is 0 Å². The SMILES string of the molecule is CC(C)N1CCCC(CN)(N2CCCCC2)CC1. The smallest absolute Gasteiger partial charge is 0.0344 e. The molecular weight excluding hydrogens is 222 g/mol. The Hall–Kier alpha value is -0.120. The van der Waals surface area contributed by atoms with Crippen LogP contribution >= 0.6 is 0 Å². The summed E-state index contributed by atoms with van der Waals surface area (Å²) in [5, 5.41) is 0. The van der Waals surface area contributed by atoms with Gasteiger partial charge in [0.05, 0.1) is 0 Å². The molecule has 0 saturated carbocycles. The van der Waals surface area contributed by atoms with Crippen LogP contribution < -0.4 is 5.73 Å². The van der Waals surface area contributed by atoms with Crippen LogP contribution in [0.1, 0.15) is 52.4 Å². The fraction of sp³-hybridized carbons (Fsp3) is 1.00. The normalized spacial score (nSPS) is 32.7. The lowest BCUT2D eigenvalue weighted by molar-refractivity contribution is 0.0578. The standard InChI is InChI=1S/C15H31N3/c1-14(2)17-9-6-7-15(13-16,8-12-17)18-10-4-3-5-11-18/h14H,3-13,16H2,1-2H3. The number of hydrogen-bond donors (Lipinski definition) is 1. The summed E-state index contributed by atoms with van der Waals surface area (Å²) in [7, 11) is 0. The quantitative estimate of drug-likeness (QED) is 0.836. The van der Waals surface area contributed by atoms with Gasteiger partial charge in [0, 0.05) is 24.7 Å². The van der Waals surface area contributed by atoms with Crippen LogP contribution in [0, 0.1) is 0 Å². The minimum Gasteiger partial charge on any atom is -0.329 e. The number of likely N-dealkylation sites (tertiary alicyclic amines) is 2. The first-order valence-electron chi connectivity index (χ1n) is 7.87. The zero-order chi connectivity index (χ0) is 13.0. The predicted molar refractivity (Wildman–Crippen MR) is 77.8 cm³/mol. The Morgan fingerprint density at radius 2 is 1.67 bits per heavy atom. The molecule has 0 bridgehead atoms. The Morgan fingerprint density at radius 1 is 0.944 bits per heavy atom. The van der Waals surface area contributed by atoms with Gasteiger partial charge >= 0.3 is 0 Å². The Labute approximate surface area is 113 Å². The van der Waals surface area contributed by atoms with Gasteiger partial charge in [0.2, 0.25) is 0 Å². The van der Waals surface area contributed by atoms with Crippen LogP contribution in [0.3, 0.4) is 0 Å². The molecule has 3 nitrogen and oxygen atoms in total. The third-order valence-corrected chi connectivity index (χ3v) is 5.09. The van der Waals surface area contributed by atoms with Gasteiger partial charge in [-0.05, 0) is 65.6 Å². The Balaban J connectivity index is 2.02. The maximum atomic E-state index is 6.20. The van der Waals surface area contributed by atoms with E-state index in [1.165, 1.54) is 64.7 Å². The zero-order valence-corrected chi connectivity index (χ0v) is 12.3. The maximum absolute atomic E-state index is 6.20. The molecule has 0 spiro atoms. The Bertz CT molecular complexity index is 248. The number of nitrogens with zero attached hydrogens (tertiary/aromatic N) is 2. The summed E-state index contributed by atoms with van der Waals surface area (Å²) >= 11 is 0. The number of nitrogens with two attached hydrogens (primary N) is 1. The van der Waals surface area contributed by atoms with E-state index in [-0.39, 0.29) is 0 Å². The molecule has 2 fully saturated rings. The van der Waals surface area contributed by atoms with Crippen LogP contribution in [0.15, 0.2) is 0 Å². The summed E-state index contributed by atoms with van der Waals surface area (Å²) in [6, 6.07) is 0.680. The summed E-state index contributed by atoms with van der Waals surface area (Å²) in [4.78, 5) is 5.35. The van der Waals surface area contributed by atoms with Crippen molar-refractivity contribution in [3.8, 4) is 0 Å². The fourth-order valence-electron chi connectivity index (χ4n) is 3.73. The van der Waals surface area contributed by atoms with Gasteiger partial charge < -0.3 is 10.6 Å². The van der Waals surface area contributed by atoms with E-state index >= 15 is 0 Å². The molecule has 0 radical (unpaired) electrons. The van der Waals surface area contributed by atoms with Gasteiger partial charge in [0.15, 0.2) is 0 Å². The fourth-order valence-corrected chi connectivity index (χ4v) is 3.73. The van der Waals surface area contributed by atoms with Gasteiger partial charge in [0.25, 0.3) is 0 Å². The molecule has 2 heterocycles. The van der Waals surface area contributed by atoms with E-state index in [4.69, 9.17) is 5.73 Å². The van der Waals surface area contributed by atoms with Crippen LogP contribution in [0.25, 0.3) is 0 Å². The Kier molecular flexibility index (Phi) is 5.05. The number of hydrogen-bond acceptors (Lipinski definition) is 3. The second kappa shape index (κ2) is 6.36. The Morgan fingerprint density at radius 3 is 2.28 bits per heavy atom. The molecule has 0 aromatic rings. The lowest BCUT2D eigenvalue weighted by atomic mass is 9.86. The molecule has 0 amide bonds. The summed E-state index contributed by atoms with van der Waals surface area (Å²) in [6.07, 6.45) is 8.03. The van der Waals surface area contributed by atoms with Crippen LogP contribution in [0.5, 0.6) is 0 Å². The van der Waals surface area contributed by atoms with Crippen molar-refractivity contribution in [1.82, 2.24) is 9.80 Å². The summed E-state index contributed by atoms with van der Waals surface area (Å²) in [5.74, 6) is 0. The largest absolute Gasteiger partial charge is 0.329 e. The second-order valence-electron chi connectivity index (χ2n) is 6.46. The van der Waals surface area contributed by atoms with Crippen molar-refractivity contribution in [2.45, 2.75) is 64.0 Å². The maximum Gasteiger partial charge on any atom is 0.0344 e. The molecule has 3 heteroatoms. The third kappa shape index (κ3) is 3.06. The average Bonchev–Trinajstić information content (AvgIpc) is 2.63. The van der Waals surface area contributed by atoms with Crippen molar-refractivity contribution in [2.24, 2.45) is 5.73 Å². The van der Waals surface area contributed by atoms with Crippen LogP contribution in [-0.4, -0.2) is 54.1 Å². The summed E-state index contributed by atoms with van der Waals surface area (Å²) in [6.45, 7) is 10.5. The summed E-state index contributed by atoms with van der Waals surface area (Å²) < 4.78 is 0. The lowest BCUT2D eigenvalue weighted by Gasteiger charge is -2.45. The average molecular weight is 253 g/mol.